The average Bonchev–Trinajstić information content (AvgIpc) is 2.88. The van der Waals surface area contributed by atoms with Crippen LogP contribution in [-0.2, 0) is 33.4 Å². The number of esters is 3. The maximum Gasteiger partial charge on any atom is 0.334 e. The van der Waals surface area contributed by atoms with Crippen LogP contribution in [0.4, 0.5) is 0 Å². The Bertz CT molecular complexity index is 776. The van der Waals surface area contributed by atoms with E-state index in [1.165, 1.54) is 6.92 Å². The number of hydrogen-bond acceptors (Lipinski definition) is 8. The number of aliphatic hydroxyl groups is 1. The van der Waals surface area contributed by atoms with E-state index in [1.54, 1.807) is 13.0 Å². The molecule has 1 heterocycles. The molecule has 0 saturated carbocycles. The van der Waals surface area contributed by atoms with Gasteiger partial charge in [-0.25, -0.2) is 4.79 Å². The molecule has 8 nitrogen and oxygen atoms in total. The highest BCUT2D eigenvalue weighted by Crippen LogP contribution is 2.40. The Morgan fingerprint density at radius 1 is 1.33 bits per heavy atom. The Kier molecular flexibility index (Phi) is 7.23. The molecule has 1 aliphatic carbocycles. The smallest absolute Gasteiger partial charge is 0.334 e. The maximum absolute atomic E-state index is 12.8. The number of Topliss-reactive ketones (excluding diaryl/α,β-unsaturated/α-hetero) is 1. The van der Waals surface area contributed by atoms with Crippen molar-refractivity contribution < 1.29 is 38.5 Å². The third-order valence-electron chi connectivity index (χ3n) is 5.39. The Balaban J connectivity index is 2.62. The van der Waals surface area contributed by atoms with Gasteiger partial charge in [0, 0.05) is 31.8 Å². The van der Waals surface area contributed by atoms with E-state index in [0.717, 1.165) is 12.5 Å². The molecule has 166 valence electrons. The number of carbonyl (C=O) groups excluding carboxylic acids is 4. The van der Waals surface area contributed by atoms with Gasteiger partial charge in [-0.2, -0.15) is 0 Å². The molecule has 0 amide bonds. The quantitative estimate of drug-likeness (QED) is 0.317. The van der Waals surface area contributed by atoms with Gasteiger partial charge in [-0.15, -0.1) is 0 Å². The van der Waals surface area contributed by atoms with Crippen molar-refractivity contribution in [2.75, 3.05) is 0 Å². The second kappa shape index (κ2) is 9.12. The fourth-order valence-electron chi connectivity index (χ4n) is 3.80. The Morgan fingerprint density at radius 3 is 2.53 bits per heavy atom. The van der Waals surface area contributed by atoms with Crippen molar-refractivity contribution in [1.82, 2.24) is 0 Å². The molecule has 30 heavy (non-hydrogen) atoms. The normalized spacial score (nSPS) is 34.0. The summed E-state index contributed by atoms with van der Waals surface area (Å²) in [5.41, 5.74) is -1.36. The molecule has 5 atom stereocenters. The molecule has 1 N–H and O–H groups in total. The van der Waals surface area contributed by atoms with Crippen molar-refractivity contribution >= 4 is 23.7 Å². The lowest BCUT2D eigenvalue weighted by Gasteiger charge is -2.39. The highest BCUT2D eigenvalue weighted by molar-refractivity contribution is 5.92. The van der Waals surface area contributed by atoms with Gasteiger partial charge in [0.05, 0.1) is 5.92 Å². The van der Waals surface area contributed by atoms with Crippen molar-refractivity contribution in [3.63, 3.8) is 0 Å². The molecular formula is C22H30O8. The first-order chi connectivity index (χ1) is 13.8. The van der Waals surface area contributed by atoms with Gasteiger partial charge in [0.25, 0.3) is 0 Å². The fraction of sp³-hybridized carbons (Fsp3) is 0.636. The monoisotopic (exact) mass is 422 g/mol. The maximum atomic E-state index is 12.8. The zero-order valence-corrected chi connectivity index (χ0v) is 18.1. The molecule has 0 unspecified atom stereocenters. The summed E-state index contributed by atoms with van der Waals surface area (Å²) >= 11 is 0. The molecule has 0 aromatic rings. The van der Waals surface area contributed by atoms with Gasteiger partial charge < -0.3 is 19.3 Å². The van der Waals surface area contributed by atoms with Crippen LogP contribution in [0.5, 0.6) is 0 Å². The van der Waals surface area contributed by atoms with Crippen molar-refractivity contribution in [3.05, 3.63) is 23.8 Å². The van der Waals surface area contributed by atoms with Gasteiger partial charge in [-0.1, -0.05) is 32.1 Å². The first-order valence-electron chi connectivity index (χ1n) is 10.0. The molecule has 8 heteroatoms. The van der Waals surface area contributed by atoms with Crippen LogP contribution in [0.15, 0.2) is 23.8 Å². The first-order valence-corrected chi connectivity index (χ1v) is 10.0. The van der Waals surface area contributed by atoms with Gasteiger partial charge in [-0.3, -0.25) is 14.4 Å². The van der Waals surface area contributed by atoms with Crippen LogP contribution in [-0.4, -0.2) is 52.7 Å². The highest BCUT2D eigenvalue weighted by Gasteiger charge is 2.55. The van der Waals surface area contributed by atoms with E-state index < -0.39 is 53.5 Å². The minimum Gasteiger partial charge on any atom is -0.458 e. The van der Waals surface area contributed by atoms with Crippen LogP contribution in [0.1, 0.15) is 53.9 Å². The second-order valence-electron chi connectivity index (χ2n) is 8.61. The number of rotatable bonds is 4. The van der Waals surface area contributed by atoms with E-state index in [4.69, 9.17) is 14.2 Å². The topological polar surface area (TPSA) is 116 Å². The summed E-state index contributed by atoms with van der Waals surface area (Å²) in [7, 11) is 0. The molecule has 0 aromatic carbocycles. The third kappa shape index (κ3) is 5.16. The Morgan fingerprint density at radius 2 is 1.97 bits per heavy atom. The molecule has 0 radical (unpaired) electrons. The summed E-state index contributed by atoms with van der Waals surface area (Å²) in [6.07, 6.45) is -1.72. The number of ether oxygens (including phenoxy) is 3. The van der Waals surface area contributed by atoms with Gasteiger partial charge in [0.2, 0.25) is 0 Å². The van der Waals surface area contributed by atoms with Crippen LogP contribution in [0.3, 0.4) is 0 Å². The minimum atomic E-state index is -2.17. The molecule has 1 fully saturated rings. The van der Waals surface area contributed by atoms with Crippen LogP contribution in [0.2, 0.25) is 0 Å². The van der Waals surface area contributed by atoms with E-state index >= 15 is 0 Å². The van der Waals surface area contributed by atoms with Crippen molar-refractivity contribution in [2.24, 2.45) is 11.8 Å². The summed E-state index contributed by atoms with van der Waals surface area (Å²) in [6, 6.07) is 0. The predicted molar refractivity (Wildman–Crippen MR) is 106 cm³/mol. The summed E-state index contributed by atoms with van der Waals surface area (Å²) in [5.74, 6) is -3.54. The lowest BCUT2D eigenvalue weighted by Crippen LogP contribution is -2.58. The van der Waals surface area contributed by atoms with Crippen LogP contribution < -0.4 is 0 Å². The first kappa shape index (κ1) is 23.8. The van der Waals surface area contributed by atoms with E-state index in [2.05, 4.69) is 6.58 Å². The summed E-state index contributed by atoms with van der Waals surface area (Å²) in [5, 5.41) is 11.1. The van der Waals surface area contributed by atoms with Crippen LogP contribution in [0, 0.1) is 11.8 Å². The molecule has 2 aliphatic rings. The molecule has 1 aliphatic heterocycles. The fourth-order valence-corrected chi connectivity index (χ4v) is 3.80. The number of ketones is 1. The lowest BCUT2D eigenvalue weighted by atomic mass is 9.77. The number of fused-ring (bicyclic) bond motifs is 1. The lowest BCUT2D eigenvalue weighted by molar-refractivity contribution is -0.197. The van der Waals surface area contributed by atoms with Crippen LogP contribution >= 0.6 is 0 Å². The van der Waals surface area contributed by atoms with Gasteiger partial charge in [0.15, 0.2) is 23.6 Å². The van der Waals surface area contributed by atoms with Crippen molar-refractivity contribution in [3.8, 4) is 0 Å². The number of carbonyl (C=O) groups is 4. The molecule has 0 aromatic heterocycles. The van der Waals surface area contributed by atoms with Crippen molar-refractivity contribution in [2.45, 2.75) is 77.8 Å². The molecule has 1 saturated heterocycles. The SMILES string of the molecule is C=C1C(=O)O[C@@H]2C/C(C)=C\CC(=O)[C@@](C)(O)[C@H](OC(C)=O)[C@@H](OC(=O)CC(C)C)[C@@H]12. The summed E-state index contributed by atoms with van der Waals surface area (Å²) < 4.78 is 16.4. The van der Waals surface area contributed by atoms with Gasteiger partial charge in [-0.05, 0) is 19.8 Å². The molecular weight excluding hydrogens is 392 g/mol. The summed E-state index contributed by atoms with van der Waals surface area (Å²) in [6.45, 7) is 11.6. The van der Waals surface area contributed by atoms with Crippen LogP contribution in [0.25, 0.3) is 0 Å². The van der Waals surface area contributed by atoms with E-state index in [-0.39, 0.29) is 30.8 Å². The summed E-state index contributed by atoms with van der Waals surface area (Å²) in [4.78, 5) is 49.5. The zero-order chi connectivity index (χ0) is 22.8. The number of hydrogen-bond donors (Lipinski definition) is 1. The second-order valence-corrected chi connectivity index (χ2v) is 8.61. The van der Waals surface area contributed by atoms with E-state index in [1.807, 2.05) is 13.8 Å². The standard InChI is InChI=1S/C22H30O8/c1-11(2)9-17(25)30-19-18-13(4)21(26)29-15(18)10-12(3)7-8-16(24)22(6,27)20(19)28-14(5)23/h7,11,15,18-20,27H,4,8-10H2,1-3,5-6H3/b12-7-/t15-,18+,19+,20-,22-/m1/s1. The molecule has 0 spiro atoms. The van der Waals surface area contributed by atoms with Gasteiger partial charge >= 0.3 is 17.9 Å². The van der Waals surface area contributed by atoms with Gasteiger partial charge in [0.1, 0.15) is 6.10 Å². The van der Waals surface area contributed by atoms with E-state index in [0.29, 0.717) is 0 Å². The molecule has 0 bridgehead atoms. The Hall–Kier alpha value is -2.48. The zero-order valence-electron chi connectivity index (χ0n) is 18.1. The number of allylic oxidation sites excluding steroid dienone is 1. The Labute approximate surface area is 176 Å². The highest BCUT2D eigenvalue weighted by atomic mass is 16.6. The van der Waals surface area contributed by atoms with E-state index in [9.17, 15) is 24.3 Å². The molecule has 2 rings (SSSR count). The average molecular weight is 422 g/mol. The minimum absolute atomic E-state index is 0.0167. The predicted octanol–water partition coefficient (Wildman–Crippen LogP) is 2.03. The largest absolute Gasteiger partial charge is 0.458 e. The third-order valence-corrected chi connectivity index (χ3v) is 5.39. The van der Waals surface area contributed by atoms with Crippen molar-refractivity contribution in [1.29, 1.82) is 0 Å².